The highest BCUT2D eigenvalue weighted by Gasteiger charge is 2.43. The smallest absolute Gasteiger partial charge is 0.331 e. The summed E-state index contributed by atoms with van der Waals surface area (Å²) in [7, 11) is 0. The van der Waals surface area contributed by atoms with E-state index in [-0.39, 0.29) is 18.4 Å². The Kier molecular flexibility index (Phi) is 3.74. The minimum absolute atomic E-state index is 0.00882. The highest BCUT2D eigenvalue weighted by atomic mass is 16.4. The number of allylic oxidation sites excluding steroid dienone is 2. The molecule has 1 aromatic rings. The van der Waals surface area contributed by atoms with E-state index >= 15 is 0 Å². The third-order valence-electron chi connectivity index (χ3n) is 3.81. The molecule has 104 valence electrons. The van der Waals surface area contributed by atoms with Gasteiger partial charge in [0.2, 0.25) is 0 Å². The molecule has 1 atom stereocenters. The van der Waals surface area contributed by atoms with Gasteiger partial charge in [0.25, 0.3) is 0 Å². The van der Waals surface area contributed by atoms with Gasteiger partial charge in [-0.1, -0.05) is 48.1 Å². The molecule has 1 aromatic carbocycles. The predicted molar refractivity (Wildman–Crippen MR) is 74.3 cm³/mol. The molecule has 0 fully saturated rings. The van der Waals surface area contributed by atoms with Crippen LogP contribution in [0.4, 0.5) is 0 Å². The maximum atomic E-state index is 11.8. The maximum absolute atomic E-state index is 11.8. The molecule has 0 radical (unpaired) electrons. The molecule has 0 unspecified atom stereocenters. The number of carbonyl (C=O) groups is 2. The molecule has 0 saturated carbocycles. The average molecular weight is 272 g/mol. The predicted octanol–water partition coefficient (Wildman–Crippen LogP) is 2.66. The minimum atomic E-state index is -1.18. The van der Waals surface area contributed by atoms with Crippen molar-refractivity contribution >= 4 is 11.9 Å². The van der Waals surface area contributed by atoms with Gasteiger partial charge in [0.05, 0.1) is 5.41 Å². The summed E-state index contributed by atoms with van der Waals surface area (Å²) in [5, 5.41) is 18.8. The normalized spacial score (nSPS) is 21.9. The first-order valence-corrected chi connectivity index (χ1v) is 6.34. The van der Waals surface area contributed by atoms with E-state index in [1.165, 1.54) is 6.08 Å². The summed E-state index contributed by atoms with van der Waals surface area (Å²) in [4.78, 5) is 22.9. The Hall–Kier alpha value is -2.36. The average Bonchev–Trinajstić information content (AvgIpc) is 2.42. The molecule has 0 aliphatic heterocycles. The number of carboxylic acid groups (broad SMARTS) is 2. The molecule has 2 N–H and O–H groups in total. The van der Waals surface area contributed by atoms with Gasteiger partial charge in [-0.3, -0.25) is 4.79 Å². The first-order chi connectivity index (χ1) is 9.45. The Bertz CT molecular complexity index is 598. The van der Waals surface area contributed by atoms with Gasteiger partial charge in [-0.05, 0) is 25.3 Å². The van der Waals surface area contributed by atoms with Crippen LogP contribution >= 0.6 is 0 Å². The second-order valence-electron chi connectivity index (χ2n) is 5.07. The Morgan fingerprint density at radius 3 is 2.35 bits per heavy atom. The van der Waals surface area contributed by atoms with Crippen LogP contribution in [0.25, 0.3) is 0 Å². The van der Waals surface area contributed by atoms with E-state index in [4.69, 9.17) is 5.11 Å². The van der Waals surface area contributed by atoms with Crippen LogP contribution in [0.3, 0.4) is 0 Å². The lowest BCUT2D eigenvalue weighted by atomic mass is 9.69. The first-order valence-electron chi connectivity index (χ1n) is 6.34. The van der Waals surface area contributed by atoms with Crippen molar-refractivity contribution in [1.82, 2.24) is 0 Å². The van der Waals surface area contributed by atoms with E-state index in [1.807, 2.05) is 30.3 Å². The molecule has 4 nitrogen and oxygen atoms in total. The summed E-state index contributed by atoms with van der Waals surface area (Å²) >= 11 is 0. The largest absolute Gasteiger partial charge is 0.481 e. The summed E-state index contributed by atoms with van der Waals surface area (Å²) in [5.74, 6) is -2.05. The highest BCUT2D eigenvalue weighted by molar-refractivity contribution is 5.91. The van der Waals surface area contributed by atoms with Crippen molar-refractivity contribution in [3.8, 4) is 0 Å². The van der Waals surface area contributed by atoms with Crippen LogP contribution in [-0.2, 0) is 16.0 Å². The molecular formula is C16H16O4. The SMILES string of the molecule is CC1=CC=C(C(=O)O)C[C@]1(Cc1ccccc1)C(=O)O. The highest BCUT2D eigenvalue weighted by Crippen LogP contribution is 2.41. The van der Waals surface area contributed by atoms with Crippen LogP contribution in [0.2, 0.25) is 0 Å². The standard InChI is InChI=1S/C16H16O4/c1-11-7-8-13(14(17)18)10-16(11,15(19)20)9-12-5-3-2-4-6-12/h2-8H,9-10H2,1H3,(H,17,18)(H,19,20)/t16-/m0/s1. The van der Waals surface area contributed by atoms with Gasteiger partial charge < -0.3 is 10.2 Å². The number of rotatable bonds is 4. The molecule has 0 spiro atoms. The first kappa shape index (κ1) is 14.1. The molecule has 0 bridgehead atoms. The number of hydrogen-bond acceptors (Lipinski definition) is 2. The molecule has 1 aliphatic carbocycles. The van der Waals surface area contributed by atoms with Crippen LogP contribution in [0.1, 0.15) is 18.9 Å². The molecule has 0 saturated heterocycles. The van der Waals surface area contributed by atoms with Crippen LogP contribution < -0.4 is 0 Å². The van der Waals surface area contributed by atoms with Crippen molar-refractivity contribution in [3.05, 3.63) is 59.2 Å². The number of hydrogen-bond donors (Lipinski definition) is 2. The van der Waals surface area contributed by atoms with Crippen molar-refractivity contribution in [2.24, 2.45) is 5.41 Å². The van der Waals surface area contributed by atoms with Crippen molar-refractivity contribution in [2.75, 3.05) is 0 Å². The summed E-state index contributed by atoms with van der Waals surface area (Å²) in [6, 6.07) is 9.28. The summed E-state index contributed by atoms with van der Waals surface area (Å²) < 4.78 is 0. The second kappa shape index (κ2) is 5.33. The molecular weight excluding hydrogens is 256 g/mol. The van der Waals surface area contributed by atoms with Crippen molar-refractivity contribution < 1.29 is 19.8 Å². The molecule has 20 heavy (non-hydrogen) atoms. The van der Waals surface area contributed by atoms with Crippen molar-refractivity contribution in [3.63, 3.8) is 0 Å². The fourth-order valence-electron chi connectivity index (χ4n) is 2.52. The molecule has 4 heteroatoms. The van der Waals surface area contributed by atoms with Gasteiger partial charge in [0.15, 0.2) is 0 Å². The van der Waals surface area contributed by atoms with E-state index in [9.17, 15) is 14.7 Å². The summed E-state index contributed by atoms with van der Waals surface area (Å²) in [5.41, 5.74) is 0.520. The van der Waals surface area contributed by atoms with Crippen LogP contribution in [0.5, 0.6) is 0 Å². The van der Waals surface area contributed by atoms with E-state index in [0.29, 0.717) is 5.57 Å². The molecule has 0 aromatic heterocycles. The van der Waals surface area contributed by atoms with Gasteiger partial charge >= 0.3 is 11.9 Å². The lowest BCUT2D eigenvalue weighted by Crippen LogP contribution is -2.37. The van der Waals surface area contributed by atoms with E-state index in [0.717, 1.165) is 5.56 Å². The molecule has 0 amide bonds. The Labute approximate surface area is 117 Å². The van der Waals surface area contributed by atoms with E-state index in [2.05, 4.69) is 0 Å². The van der Waals surface area contributed by atoms with Gasteiger partial charge in [-0.2, -0.15) is 0 Å². The van der Waals surface area contributed by atoms with Gasteiger partial charge in [-0.25, -0.2) is 4.79 Å². The van der Waals surface area contributed by atoms with E-state index in [1.54, 1.807) is 13.0 Å². The molecule has 2 rings (SSSR count). The Balaban J connectivity index is 2.41. The van der Waals surface area contributed by atoms with Crippen LogP contribution in [0, 0.1) is 5.41 Å². The lowest BCUT2D eigenvalue weighted by molar-refractivity contribution is -0.146. The summed E-state index contributed by atoms with van der Waals surface area (Å²) in [6.07, 6.45) is 3.39. The quantitative estimate of drug-likeness (QED) is 0.883. The van der Waals surface area contributed by atoms with Crippen LogP contribution in [0.15, 0.2) is 53.6 Å². The van der Waals surface area contributed by atoms with E-state index < -0.39 is 17.4 Å². The fourth-order valence-corrected chi connectivity index (χ4v) is 2.52. The number of carboxylic acids is 2. The fraction of sp³-hybridized carbons (Fsp3) is 0.250. The minimum Gasteiger partial charge on any atom is -0.481 e. The lowest BCUT2D eigenvalue weighted by Gasteiger charge is -2.33. The Morgan fingerprint density at radius 2 is 1.80 bits per heavy atom. The Morgan fingerprint density at radius 1 is 1.15 bits per heavy atom. The molecule has 0 heterocycles. The van der Waals surface area contributed by atoms with Gasteiger partial charge in [-0.15, -0.1) is 0 Å². The number of aliphatic carboxylic acids is 2. The topological polar surface area (TPSA) is 74.6 Å². The van der Waals surface area contributed by atoms with Crippen molar-refractivity contribution in [2.45, 2.75) is 19.8 Å². The zero-order valence-electron chi connectivity index (χ0n) is 11.2. The number of benzene rings is 1. The monoisotopic (exact) mass is 272 g/mol. The zero-order chi connectivity index (χ0) is 14.8. The summed E-state index contributed by atoms with van der Waals surface area (Å²) in [6.45, 7) is 1.74. The van der Waals surface area contributed by atoms with Crippen LogP contribution in [-0.4, -0.2) is 22.2 Å². The third-order valence-corrected chi connectivity index (χ3v) is 3.81. The zero-order valence-corrected chi connectivity index (χ0v) is 11.2. The van der Waals surface area contributed by atoms with Gasteiger partial charge in [0.1, 0.15) is 0 Å². The third kappa shape index (κ3) is 2.50. The van der Waals surface area contributed by atoms with Gasteiger partial charge in [0, 0.05) is 5.57 Å². The van der Waals surface area contributed by atoms with Crippen molar-refractivity contribution in [1.29, 1.82) is 0 Å². The second-order valence-corrected chi connectivity index (χ2v) is 5.07. The molecule has 1 aliphatic rings. The maximum Gasteiger partial charge on any atom is 0.331 e.